The van der Waals surface area contributed by atoms with Crippen molar-refractivity contribution in [3.05, 3.63) is 29.3 Å². The summed E-state index contributed by atoms with van der Waals surface area (Å²) in [5.74, 6) is 0. The molecule has 1 aromatic carbocycles. The van der Waals surface area contributed by atoms with Gasteiger partial charge in [-0.25, -0.2) is 8.42 Å². The number of rotatable bonds is 4. The SMILES string of the molecule is CN(C(C)(C)CO)S(=O)(=O)c1ccc2c(c1)CNC2. The number of sulfonamides is 1. The average Bonchev–Trinajstić information content (AvgIpc) is 2.84. The summed E-state index contributed by atoms with van der Waals surface area (Å²) in [7, 11) is -2.09. The molecule has 0 unspecified atom stereocenters. The Labute approximate surface area is 114 Å². The molecule has 106 valence electrons. The van der Waals surface area contributed by atoms with Gasteiger partial charge in [0, 0.05) is 20.1 Å². The van der Waals surface area contributed by atoms with Crippen LogP contribution >= 0.6 is 0 Å². The highest BCUT2D eigenvalue weighted by atomic mass is 32.2. The van der Waals surface area contributed by atoms with Crippen LogP contribution in [0.25, 0.3) is 0 Å². The molecule has 6 heteroatoms. The van der Waals surface area contributed by atoms with Crippen molar-refractivity contribution in [3.63, 3.8) is 0 Å². The van der Waals surface area contributed by atoms with Gasteiger partial charge in [0.2, 0.25) is 10.0 Å². The lowest BCUT2D eigenvalue weighted by molar-refractivity contribution is 0.138. The first-order chi connectivity index (χ1) is 8.79. The van der Waals surface area contributed by atoms with E-state index in [9.17, 15) is 13.5 Å². The summed E-state index contributed by atoms with van der Waals surface area (Å²) in [5.41, 5.74) is 1.34. The number of hydrogen-bond acceptors (Lipinski definition) is 4. The maximum absolute atomic E-state index is 12.5. The minimum absolute atomic E-state index is 0.227. The standard InChI is InChI=1S/C13H20N2O3S/c1-13(2,9-16)15(3)19(17,18)12-5-4-10-7-14-8-11(10)6-12/h4-6,14,16H,7-9H2,1-3H3. The lowest BCUT2D eigenvalue weighted by Crippen LogP contribution is -2.47. The van der Waals surface area contributed by atoms with Crippen LogP contribution in [-0.2, 0) is 23.1 Å². The molecular formula is C13H20N2O3S. The van der Waals surface area contributed by atoms with Gasteiger partial charge in [-0.2, -0.15) is 4.31 Å². The summed E-state index contributed by atoms with van der Waals surface area (Å²) in [6.07, 6.45) is 0. The Balaban J connectivity index is 2.40. The van der Waals surface area contributed by atoms with Crippen LogP contribution in [0.3, 0.4) is 0 Å². The first-order valence-corrected chi connectivity index (χ1v) is 7.65. The summed E-state index contributed by atoms with van der Waals surface area (Å²) >= 11 is 0. The summed E-state index contributed by atoms with van der Waals surface area (Å²) in [6.45, 7) is 4.65. The van der Waals surface area contributed by atoms with Crippen LogP contribution in [0, 0.1) is 0 Å². The minimum atomic E-state index is -3.58. The smallest absolute Gasteiger partial charge is 0.243 e. The maximum atomic E-state index is 12.5. The van der Waals surface area contributed by atoms with Gasteiger partial charge >= 0.3 is 0 Å². The fraction of sp³-hybridized carbons (Fsp3) is 0.538. The monoisotopic (exact) mass is 284 g/mol. The Morgan fingerprint density at radius 1 is 1.32 bits per heavy atom. The summed E-state index contributed by atoms with van der Waals surface area (Å²) in [6, 6.07) is 5.20. The van der Waals surface area contributed by atoms with Crippen molar-refractivity contribution in [1.82, 2.24) is 9.62 Å². The Morgan fingerprint density at radius 3 is 2.58 bits per heavy atom. The van der Waals surface area contributed by atoms with Gasteiger partial charge < -0.3 is 10.4 Å². The van der Waals surface area contributed by atoms with E-state index >= 15 is 0 Å². The van der Waals surface area contributed by atoms with E-state index in [1.54, 1.807) is 26.0 Å². The Kier molecular flexibility index (Phi) is 3.70. The van der Waals surface area contributed by atoms with Crippen LogP contribution in [0.5, 0.6) is 0 Å². The van der Waals surface area contributed by atoms with E-state index in [1.165, 1.54) is 11.4 Å². The number of fused-ring (bicyclic) bond motifs is 1. The molecule has 0 aromatic heterocycles. The number of aliphatic hydroxyl groups is 1. The fourth-order valence-corrected chi connectivity index (χ4v) is 3.57. The number of nitrogens with zero attached hydrogens (tertiary/aromatic N) is 1. The largest absolute Gasteiger partial charge is 0.394 e. The van der Waals surface area contributed by atoms with Gasteiger partial charge in [0.1, 0.15) is 0 Å². The summed E-state index contributed by atoms with van der Waals surface area (Å²) in [5, 5.41) is 12.5. The van der Waals surface area contributed by atoms with Gasteiger partial charge in [0.25, 0.3) is 0 Å². The van der Waals surface area contributed by atoms with E-state index in [2.05, 4.69) is 5.32 Å². The highest BCUT2D eigenvalue weighted by Crippen LogP contribution is 2.25. The molecule has 1 aliphatic heterocycles. The van der Waals surface area contributed by atoms with E-state index in [1.807, 2.05) is 6.07 Å². The van der Waals surface area contributed by atoms with Gasteiger partial charge in [-0.1, -0.05) is 6.07 Å². The average molecular weight is 284 g/mol. The minimum Gasteiger partial charge on any atom is -0.394 e. The van der Waals surface area contributed by atoms with Crippen molar-refractivity contribution in [2.45, 2.75) is 37.4 Å². The molecule has 0 radical (unpaired) electrons. The molecule has 1 aliphatic rings. The lowest BCUT2D eigenvalue weighted by atomic mass is 10.1. The van der Waals surface area contributed by atoms with Crippen molar-refractivity contribution in [1.29, 1.82) is 0 Å². The van der Waals surface area contributed by atoms with Crippen LogP contribution in [0.4, 0.5) is 0 Å². The topological polar surface area (TPSA) is 69.6 Å². The van der Waals surface area contributed by atoms with Crippen LogP contribution in [0.2, 0.25) is 0 Å². The molecule has 0 atom stereocenters. The highest BCUT2D eigenvalue weighted by Gasteiger charge is 2.33. The zero-order chi connectivity index (χ0) is 14.3. The van der Waals surface area contributed by atoms with Crippen molar-refractivity contribution >= 4 is 10.0 Å². The van der Waals surface area contributed by atoms with Crippen molar-refractivity contribution in [2.75, 3.05) is 13.7 Å². The second kappa shape index (κ2) is 4.86. The molecule has 0 bridgehead atoms. The Hall–Kier alpha value is -0.950. The number of aliphatic hydroxyl groups excluding tert-OH is 1. The Morgan fingerprint density at radius 2 is 1.95 bits per heavy atom. The lowest BCUT2D eigenvalue weighted by Gasteiger charge is -2.32. The molecule has 0 aliphatic carbocycles. The van der Waals surface area contributed by atoms with Gasteiger partial charge in [0.05, 0.1) is 17.0 Å². The van der Waals surface area contributed by atoms with Crippen molar-refractivity contribution < 1.29 is 13.5 Å². The molecule has 1 aromatic rings. The van der Waals surface area contributed by atoms with Gasteiger partial charge in [-0.05, 0) is 37.1 Å². The molecule has 1 heterocycles. The molecule has 0 amide bonds. The van der Waals surface area contributed by atoms with Crippen LogP contribution in [0.15, 0.2) is 23.1 Å². The molecule has 2 N–H and O–H groups in total. The van der Waals surface area contributed by atoms with Crippen LogP contribution in [-0.4, -0.2) is 37.0 Å². The Bertz CT molecular complexity index is 582. The van der Waals surface area contributed by atoms with Gasteiger partial charge in [0.15, 0.2) is 0 Å². The van der Waals surface area contributed by atoms with Crippen molar-refractivity contribution in [3.8, 4) is 0 Å². The predicted octanol–water partition coefficient (Wildman–Crippen LogP) is 0.681. The van der Waals surface area contributed by atoms with Gasteiger partial charge in [-0.15, -0.1) is 0 Å². The zero-order valence-electron chi connectivity index (χ0n) is 11.5. The third-order valence-electron chi connectivity index (χ3n) is 3.71. The number of nitrogens with one attached hydrogen (secondary N) is 1. The van der Waals surface area contributed by atoms with Crippen LogP contribution < -0.4 is 5.32 Å². The third-order valence-corrected chi connectivity index (χ3v) is 5.77. The van der Waals surface area contributed by atoms with E-state index in [-0.39, 0.29) is 11.5 Å². The number of likely N-dealkylation sites (N-methyl/N-ethyl adjacent to an activating group) is 1. The predicted molar refractivity (Wildman–Crippen MR) is 73.1 cm³/mol. The molecule has 19 heavy (non-hydrogen) atoms. The van der Waals surface area contributed by atoms with Crippen LogP contribution in [0.1, 0.15) is 25.0 Å². The molecule has 2 rings (SSSR count). The second-order valence-electron chi connectivity index (χ2n) is 5.48. The van der Waals surface area contributed by atoms with E-state index in [0.717, 1.165) is 17.7 Å². The van der Waals surface area contributed by atoms with Gasteiger partial charge in [-0.3, -0.25) is 0 Å². The second-order valence-corrected chi connectivity index (χ2v) is 7.45. The first-order valence-electron chi connectivity index (χ1n) is 6.21. The van der Waals surface area contributed by atoms with E-state index in [4.69, 9.17) is 0 Å². The molecule has 0 fully saturated rings. The number of benzene rings is 1. The third kappa shape index (κ3) is 2.53. The maximum Gasteiger partial charge on any atom is 0.243 e. The highest BCUT2D eigenvalue weighted by molar-refractivity contribution is 7.89. The first kappa shape index (κ1) is 14.5. The fourth-order valence-electron chi connectivity index (χ4n) is 2.01. The summed E-state index contributed by atoms with van der Waals surface area (Å²) in [4.78, 5) is 0.277. The zero-order valence-corrected chi connectivity index (χ0v) is 12.3. The quantitative estimate of drug-likeness (QED) is 0.853. The van der Waals surface area contributed by atoms with Crippen molar-refractivity contribution in [2.24, 2.45) is 0 Å². The molecule has 0 saturated carbocycles. The molecular weight excluding hydrogens is 264 g/mol. The molecule has 5 nitrogen and oxygen atoms in total. The van der Waals surface area contributed by atoms with E-state index in [0.29, 0.717) is 6.54 Å². The molecule has 0 saturated heterocycles. The number of hydrogen-bond donors (Lipinski definition) is 2. The summed E-state index contributed by atoms with van der Waals surface area (Å²) < 4.78 is 26.3. The van der Waals surface area contributed by atoms with E-state index < -0.39 is 15.6 Å². The molecule has 0 spiro atoms. The normalized spacial score (nSPS) is 15.8.